The Morgan fingerprint density at radius 1 is 0.750 bits per heavy atom. The number of fused-ring (bicyclic) bond motifs is 1. The van der Waals surface area contributed by atoms with Crippen molar-refractivity contribution < 1.29 is 4.74 Å². The molecule has 0 aliphatic carbocycles. The molecule has 2 heterocycles. The second-order valence-electron chi connectivity index (χ2n) is 8.40. The number of imidazole rings is 2. The standard InChI is InChI=1S/C28H27N3O/c1-19-5-11-23(12-6-19)26-18-30(17-22-9-15-25(32-4)16-10-22)28-29-27(21(3)31(26)28)24-13-7-20(2)8-14-24/h5-16,18H,17H2,1-4H3. The first-order valence-electron chi connectivity index (χ1n) is 10.9. The molecule has 5 rings (SSSR count). The van der Waals surface area contributed by atoms with E-state index in [0.717, 1.165) is 40.7 Å². The van der Waals surface area contributed by atoms with Gasteiger partial charge in [0.2, 0.25) is 5.78 Å². The van der Waals surface area contributed by atoms with Crippen LogP contribution in [0.25, 0.3) is 28.3 Å². The predicted molar refractivity (Wildman–Crippen MR) is 130 cm³/mol. The molecule has 0 amide bonds. The SMILES string of the molecule is COc1ccc(Cn2cc(-c3ccc(C)cc3)n3c(C)c(-c4ccc(C)cc4)nc23)cc1. The van der Waals surface area contributed by atoms with Gasteiger partial charge in [-0.3, -0.25) is 4.40 Å². The van der Waals surface area contributed by atoms with Gasteiger partial charge in [0, 0.05) is 23.0 Å². The number of hydrogen-bond donors (Lipinski definition) is 0. The zero-order valence-electron chi connectivity index (χ0n) is 19.0. The fourth-order valence-corrected chi connectivity index (χ4v) is 4.19. The Hall–Kier alpha value is -3.79. The molecule has 0 N–H and O–H groups in total. The maximum atomic E-state index is 5.31. The summed E-state index contributed by atoms with van der Waals surface area (Å²) in [5.74, 6) is 1.81. The molecule has 5 aromatic rings. The lowest BCUT2D eigenvalue weighted by Crippen LogP contribution is -1.99. The molecule has 0 radical (unpaired) electrons. The molecule has 32 heavy (non-hydrogen) atoms. The molecule has 160 valence electrons. The number of rotatable bonds is 5. The van der Waals surface area contributed by atoms with Crippen molar-refractivity contribution in [3.63, 3.8) is 0 Å². The van der Waals surface area contributed by atoms with Gasteiger partial charge in [-0.1, -0.05) is 71.8 Å². The van der Waals surface area contributed by atoms with Crippen LogP contribution in [0.1, 0.15) is 22.4 Å². The second kappa shape index (κ2) is 8.04. The zero-order chi connectivity index (χ0) is 22.2. The Balaban J connectivity index is 1.67. The summed E-state index contributed by atoms with van der Waals surface area (Å²) in [5, 5.41) is 0. The number of nitrogens with zero attached hydrogens (tertiary/aromatic N) is 3. The van der Waals surface area contributed by atoms with Crippen LogP contribution in [0.2, 0.25) is 0 Å². The van der Waals surface area contributed by atoms with Crippen molar-refractivity contribution in [3.8, 4) is 28.3 Å². The molecule has 3 aromatic carbocycles. The number of aryl methyl sites for hydroxylation is 3. The van der Waals surface area contributed by atoms with Crippen molar-refractivity contribution in [3.05, 3.63) is 101 Å². The van der Waals surface area contributed by atoms with Crippen LogP contribution in [-0.4, -0.2) is 21.1 Å². The Bertz CT molecular complexity index is 1370. The molecule has 4 heteroatoms. The van der Waals surface area contributed by atoms with E-state index < -0.39 is 0 Å². The van der Waals surface area contributed by atoms with Crippen LogP contribution in [0.4, 0.5) is 0 Å². The van der Waals surface area contributed by atoms with Crippen molar-refractivity contribution in [2.75, 3.05) is 7.11 Å². The topological polar surface area (TPSA) is 31.5 Å². The number of hydrogen-bond acceptors (Lipinski definition) is 2. The second-order valence-corrected chi connectivity index (χ2v) is 8.40. The smallest absolute Gasteiger partial charge is 0.215 e. The number of aromatic nitrogens is 3. The highest BCUT2D eigenvalue weighted by molar-refractivity contribution is 5.71. The molecule has 0 bridgehead atoms. The summed E-state index contributed by atoms with van der Waals surface area (Å²) >= 11 is 0. The Labute approximate surface area is 188 Å². The molecule has 0 atom stereocenters. The minimum atomic E-state index is 0.739. The van der Waals surface area contributed by atoms with Gasteiger partial charge in [0.15, 0.2) is 0 Å². The third kappa shape index (κ3) is 3.58. The summed E-state index contributed by atoms with van der Waals surface area (Å²) in [5.41, 5.74) is 9.36. The lowest BCUT2D eigenvalue weighted by atomic mass is 10.1. The van der Waals surface area contributed by atoms with Gasteiger partial charge in [-0.2, -0.15) is 0 Å². The lowest BCUT2D eigenvalue weighted by Gasteiger charge is -2.05. The highest BCUT2D eigenvalue weighted by Gasteiger charge is 2.19. The molecule has 0 saturated heterocycles. The predicted octanol–water partition coefficient (Wildman–Crippen LogP) is 6.45. The van der Waals surface area contributed by atoms with E-state index in [2.05, 4.69) is 96.6 Å². The van der Waals surface area contributed by atoms with Crippen molar-refractivity contribution in [2.24, 2.45) is 0 Å². The first-order chi connectivity index (χ1) is 15.5. The van der Waals surface area contributed by atoms with E-state index >= 15 is 0 Å². The van der Waals surface area contributed by atoms with Crippen LogP contribution in [0, 0.1) is 20.8 Å². The summed E-state index contributed by atoms with van der Waals surface area (Å²) < 4.78 is 9.83. The van der Waals surface area contributed by atoms with Crippen LogP contribution in [0.5, 0.6) is 5.75 Å². The average Bonchev–Trinajstić information content (AvgIpc) is 3.33. The van der Waals surface area contributed by atoms with E-state index in [4.69, 9.17) is 9.72 Å². The third-order valence-corrected chi connectivity index (χ3v) is 6.05. The maximum absolute atomic E-state index is 5.31. The van der Waals surface area contributed by atoms with Crippen molar-refractivity contribution in [1.29, 1.82) is 0 Å². The fourth-order valence-electron chi connectivity index (χ4n) is 4.19. The largest absolute Gasteiger partial charge is 0.497 e. The van der Waals surface area contributed by atoms with Gasteiger partial charge in [-0.05, 0) is 38.5 Å². The van der Waals surface area contributed by atoms with Crippen LogP contribution in [0.15, 0.2) is 79.0 Å². The molecule has 2 aromatic heterocycles. The van der Waals surface area contributed by atoms with Crippen LogP contribution < -0.4 is 4.74 Å². The molecule has 0 spiro atoms. The summed E-state index contributed by atoms with van der Waals surface area (Å²) in [7, 11) is 1.69. The number of ether oxygens (including phenoxy) is 1. The van der Waals surface area contributed by atoms with E-state index in [9.17, 15) is 0 Å². The molecule has 0 fully saturated rings. The first kappa shape index (κ1) is 20.1. The van der Waals surface area contributed by atoms with Crippen molar-refractivity contribution in [1.82, 2.24) is 14.0 Å². The van der Waals surface area contributed by atoms with Gasteiger partial charge in [0.05, 0.1) is 25.0 Å². The van der Waals surface area contributed by atoms with E-state index in [1.807, 2.05) is 12.1 Å². The van der Waals surface area contributed by atoms with Crippen LogP contribution in [0.3, 0.4) is 0 Å². The van der Waals surface area contributed by atoms with Gasteiger partial charge in [-0.15, -0.1) is 0 Å². The minimum Gasteiger partial charge on any atom is -0.497 e. The maximum Gasteiger partial charge on any atom is 0.215 e. The van der Waals surface area contributed by atoms with Gasteiger partial charge >= 0.3 is 0 Å². The molecule has 4 nitrogen and oxygen atoms in total. The van der Waals surface area contributed by atoms with Gasteiger partial charge < -0.3 is 9.30 Å². The summed E-state index contributed by atoms with van der Waals surface area (Å²) in [6.45, 7) is 7.12. The van der Waals surface area contributed by atoms with E-state index in [-0.39, 0.29) is 0 Å². The fraction of sp³-hybridized carbons (Fsp3) is 0.179. The molecule has 0 aliphatic rings. The van der Waals surface area contributed by atoms with Crippen molar-refractivity contribution >= 4 is 5.78 Å². The summed E-state index contributed by atoms with van der Waals surface area (Å²) in [4.78, 5) is 5.11. The number of methoxy groups -OCH3 is 1. The van der Waals surface area contributed by atoms with E-state index in [1.165, 1.54) is 22.3 Å². The highest BCUT2D eigenvalue weighted by Crippen LogP contribution is 2.31. The normalized spacial score (nSPS) is 11.2. The monoisotopic (exact) mass is 421 g/mol. The van der Waals surface area contributed by atoms with Gasteiger partial charge in [-0.25, -0.2) is 4.98 Å². The number of benzene rings is 3. The minimum absolute atomic E-state index is 0.739. The lowest BCUT2D eigenvalue weighted by molar-refractivity contribution is 0.414. The summed E-state index contributed by atoms with van der Waals surface area (Å²) in [6, 6.07) is 25.5. The summed E-state index contributed by atoms with van der Waals surface area (Å²) in [6.07, 6.45) is 2.21. The van der Waals surface area contributed by atoms with E-state index in [1.54, 1.807) is 7.11 Å². The Kier molecular flexibility index (Phi) is 5.06. The quantitative estimate of drug-likeness (QED) is 0.326. The van der Waals surface area contributed by atoms with Crippen LogP contribution in [-0.2, 0) is 6.54 Å². The van der Waals surface area contributed by atoms with Gasteiger partial charge in [0.25, 0.3) is 0 Å². The molecule has 0 aliphatic heterocycles. The van der Waals surface area contributed by atoms with Crippen LogP contribution >= 0.6 is 0 Å². The first-order valence-corrected chi connectivity index (χ1v) is 10.9. The van der Waals surface area contributed by atoms with Crippen molar-refractivity contribution in [2.45, 2.75) is 27.3 Å². The van der Waals surface area contributed by atoms with Gasteiger partial charge in [0.1, 0.15) is 5.75 Å². The third-order valence-electron chi connectivity index (χ3n) is 6.05. The molecular formula is C28H27N3O. The average molecular weight is 422 g/mol. The molecule has 0 unspecified atom stereocenters. The Morgan fingerprint density at radius 3 is 1.94 bits per heavy atom. The molecule has 0 saturated carbocycles. The van der Waals surface area contributed by atoms with E-state index in [0.29, 0.717) is 0 Å². The highest BCUT2D eigenvalue weighted by atomic mass is 16.5. The Morgan fingerprint density at radius 2 is 1.34 bits per heavy atom. The molecular weight excluding hydrogens is 394 g/mol. The zero-order valence-corrected chi connectivity index (χ0v) is 19.0.